The van der Waals surface area contributed by atoms with Gasteiger partial charge in [0.15, 0.2) is 5.75 Å². The molecule has 28 heavy (non-hydrogen) atoms. The summed E-state index contributed by atoms with van der Waals surface area (Å²) in [5.74, 6) is 1.33. The molecule has 2 aromatic rings. The van der Waals surface area contributed by atoms with Crippen LogP contribution in [0.2, 0.25) is 0 Å². The summed E-state index contributed by atoms with van der Waals surface area (Å²) in [6, 6.07) is 17.0. The van der Waals surface area contributed by atoms with E-state index in [9.17, 15) is 9.90 Å². The molecule has 6 heteroatoms. The number of unbranched alkanes of at least 4 members (excludes halogenated alkanes) is 1. The van der Waals surface area contributed by atoms with Crippen LogP contribution in [0.25, 0.3) is 0 Å². The molecule has 150 valence electrons. The number of ether oxygens (including phenoxy) is 1. The molecule has 3 rings (SSSR count). The highest BCUT2D eigenvalue weighted by atomic mass is 16.5. The quantitative estimate of drug-likeness (QED) is 0.575. The Bertz CT molecular complexity index is 739. The highest BCUT2D eigenvalue weighted by Gasteiger charge is 2.22. The van der Waals surface area contributed by atoms with E-state index in [4.69, 9.17) is 4.74 Å². The summed E-state index contributed by atoms with van der Waals surface area (Å²) in [6.07, 6.45) is 4.16. The SMILES string of the molecule is O=C(NCCCCN1CCCC1CO)Nc1ccccc1Oc1ccccc1. The van der Waals surface area contributed by atoms with E-state index in [-0.39, 0.29) is 12.6 Å². The Morgan fingerprint density at radius 1 is 1.11 bits per heavy atom. The van der Waals surface area contributed by atoms with Gasteiger partial charge in [-0.15, -0.1) is 0 Å². The predicted octanol–water partition coefficient (Wildman–Crippen LogP) is 3.84. The van der Waals surface area contributed by atoms with E-state index in [2.05, 4.69) is 15.5 Å². The van der Waals surface area contributed by atoms with E-state index in [1.54, 1.807) is 0 Å². The maximum Gasteiger partial charge on any atom is 0.319 e. The van der Waals surface area contributed by atoms with Gasteiger partial charge in [0.1, 0.15) is 5.75 Å². The van der Waals surface area contributed by atoms with Crippen LogP contribution in [0.4, 0.5) is 10.5 Å². The van der Waals surface area contributed by atoms with Crippen LogP contribution >= 0.6 is 0 Å². The number of nitrogens with one attached hydrogen (secondary N) is 2. The van der Waals surface area contributed by atoms with Gasteiger partial charge in [0, 0.05) is 12.6 Å². The summed E-state index contributed by atoms with van der Waals surface area (Å²) in [6.45, 7) is 2.90. The van der Waals surface area contributed by atoms with Gasteiger partial charge in [0.2, 0.25) is 0 Å². The highest BCUT2D eigenvalue weighted by Crippen LogP contribution is 2.28. The topological polar surface area (TPSA) is 73.8 Å². The third kappa shape index (κ3) is 5.97. The van der Waals surface area contributed by atoms with Gasteiger partial charge < -0.3 is 20.5 Å². The number of hydrogen-bond acceptors (Lipinski definition) is 4. The van der Waals surface area contributed by atoms with Gasteiger partial charge in [-0.1, -0.05) is 30.3 Å². The maximum atomic E-state index is 12.2. The van der Waals surface area contributed by atoms with Gasteiger partial charge in [-0.05, 0) is 63.0 Å². The Kier molecular flexibility index (Phi) is 7.70. The second-order valence-electron chi connectivity index (χ2n) is 7.01. The van der Waals surface area contributed by atoms with Crippen LogP contribution < -0.4 is 15.4 Å². The number of amides is 2. The molecule has 1 aliphatic rings. The zero-order valence-corrected chi connectivity index (χ0v) is 16.1. The van der Waals surface area contributed by atoms with Crippen molar-refractivity contribution in [2.45, 2.75) is 31.7 Å². The fourth-order valence-corrected chi connectivity index (χ4v) is 3.48. The first-order valence-corrected chi connectivity index (χ1v) is 9.98. The molecule has 0 spiro atoms. The minimum atomic E-state index is -0.237. The number of carbonyl (C=O) groups is 1. The molecule has 0 saturated carbocycles. The highest BCUT2D eigenvalue weighted by molar-refractivity contribution is 5.90. The fourth-order valence-electron chi connectivity index (χ4n) is 3.48. The van der Waals surface area contributed by atoms with Crippen molar-refractivity contribution in [3.63, 3.8) is 0 Å². The van der Waals surface area contributed by atoms with Gasteiger partial charge >= 0.3 is 6.03 Å². The summed E-state index contributed by atoms with van der Waals surface area (Å²) < 4.78 is 5.86. The lowest BCUT2D eigenvalue weighted by Crippen LogP contribution is -2.34. The Morgan fingerprint density at radius 2 is 1.89 bits per heavy atom. The fraction of sp³-hybridized carbons (Fsp3) is 0.409. The lowest BCUT2D eigenvalue weighted by molar-refractivity contribution is 0.157. The molecule has 1 fully saturated rings. The van der Waals surface area contributed by atoms with E-state index in [0.29, 0.717) is 24.0 Å². The molecular weight excluding hydrogens is 354 g/mol. The minimum absolute atomic E-state index is 0.237. The Balaban J connectivity index is 1.40. The van der Waals surface area contributed by atoms with Crippen LogP contribution in [0.15, 0.2) is 54.6 Å². The van der Waals surface area contributed by atoms with Crippen molar-refractivity contribution in [1.29, 1.82) is 0 Å². The van der Waals surface area contributed by atoms with Crippen molar-refractivity contribution < 1.29 is 14.6 Å². The standard InChI is InChI=1S/C22H29N3O3/c26-17-18-9-8-16-25(18)15-7-6-14-23-22(27)24-20-12-4-5-13-21(20)28-19-10-2-1-3-11-19/h1-5,10-13,18,26H,6-9,14-17H2,(H2,23,24,27). The van der Waals surface area contributed by atoms with Crippen molar-refractivity contribution in [3.8, 4) is 11.5 Å². The number of urea groups is 1. The third-order valence-electron chi connectivity index (χ3n) is 4.97. The molecule has 0 bridgehead atoms. The number of anilines is 1. The van der Waals surface area contributed by atoms with Gasteiger partial charge in [-0.25, -0.2) is 4.79 Å². The van der Waals surface area contributed by atoms with Crippen LogP contribution in [-0.4, -0.2) is 48.3 Å². The van der Waals surface area contributed by atoms with Crippen molar-refractivity contribution in [3.05, 3.63) is 54.6 Å². The summed E-state index contributed by atoms with van der Waals surface area (Å²) >= 11 is 0. The van der Waals surface area contributed by atoms with Gasteiger partial charge in [0.25, 0.3) is 0 Å². The number of rotatable bonds is 9. The molecule has 0 aliphatic carbocycles. The number of aliphatic hydroxyl groups is 1. The second-order valence-corrected chi connectivity index (χ2v) is 7.01. The van der Waals surface area contributed by atoms with Crippen molar-refractivity contribution >= 4 is 11.7 Å². The molecular formula is C22H29N3O3. The Hall–Kier alpha value is -2.57. The first-order chi connectivity index (χ1) is 13.8. The van der Waals surface area contributed by atoms with Crippen molar-refractivity contribution in [1.82, 2.24) is 10.2 Å². The van der Waals surface area contributed by atoms with E-state index in [0.717, 1.165) is 44.5 Å². The normalized spacial score (nSPS) is 16.7. The van der Waals surface area contributed by atoms with Crippen LogP contribution in [0.3, 0.4) is 0 Å². The van der Waals surface area contributed by atoms with Crippen LogP contribution in [0, 0.1) is 0 Å². The zero-order valence-electron chi connectivity index (χ0n) is 16.1. The average molecular weight is 383 g/mol. The Labute approximate surface area is 166 Å². The van der Waals surface area contributed by atoms with E-state index >= 15 is 0 Å². The predicted molar refractivity (Wildman–Crippen MR) is 111 cm³/mol. The molecule has 1 unspecified atom stereocenters. The monoisotopic (exact) mass is 383 g/mol. The molecule has 1 heterocycles. The summed E-state index contributed by atoms with van der Waals surface area (Å²) in [7, 11) is 0. The van der Waals surface area contributed by atoms with Gasteiger partial charge in [-0.3, -0.25) is 4.90 Å². The number of nitrogens with zero attached hydrogens (tertiary/aromatic N) is 1. The smallest absolute Gasteiger partial charge is 0.319 e. The summed E-state index contributed by atoms with van der Waals surface area (Å²) in [5, 5.41) is 15.1. The number of hydrogen-bond donors (Lipinski definition) is 3. The molecule has 1 aliphatic heterocycles. The molecule has 0 aromatic heterocycles. The van der Waals surface area contributed by atoms with Crippen LogP contribution in [0.5, 0.6) is 11.5 Å². The first kappa shape index (κ1) is 20.2. The summed E-state index contributed by atoms with van der Waals surface area (Å²) in [5.41, 5.74) is 0.631. The van der Waals surface area contributed by atoms with Crippen LogP contribution in [0.1, 0.15) is 25.7 Å². The van der Waals surface area contributed by atoms with Crippen molar-refractivity contribution in [2.75, 3.05) is 31.6 Å². The number of carbonyl (C=O) groups excluding carboxylic acids is 1. The second kappa shape index (κ2) is 10.7. The molecule has 1 atom stereocenters. The molecule has 6 nitrogen and oxygen atoms in total. The summed E-state index contributed by atoms with van der Waals surface area (Å²) in [4.78, 5) is 14.6. The average Bonchev–Trinajstić information content (AvgIpc) is 3.17. The lowest BCUT2D eigenvalue weighted by Gasteiger charge is -2.22. The zero-order chi connectivity index (χ0) is 19.6. The lowest BCUT2D eigenvalue weighted by atomic mass is 10.2. The minimum Gasteiger partial charge on any atom is -0.455 e. The molecule has 3 N–H and O–H groups in total. The molecule has 0 radical (unpaired) electrons. The van der Waals surface area contributed by atoms with Crippen LogP contribution in [-0.2, 0) is 0 Å². The molecule has 2 amide bonds. The third-order valence-corrected chi connectivity index (χ3v) is 4.97. The number of para-hydroxylation sites is 3. The number of benzene rings is 2. The van der Waals surface area contributed by atoms with Gasteiger partial charge in [-0.2, -0.15) is 0 Å². The van der Waals surface area contributed by atoms with E-state index in [1.807, 2.05) is 54.6 Å². The number of aliphatic hydroxyl groups excluding tert-OH is 1. The number of likely N-dealkylation sites (tertiary alicyclic amines) is 1. The van der Waals surface area contributed by atoms with Gasteiger partial charge in [0.05, 0.1) is 12.3 Å². The van der Waals surface area contributed by atoms with E-state index < -0.39 is 0 Å². The van der Waals surface area contributed by atoms with Crippen molar-refractivity contribution in [2.24, 2.45) is 0 Å². The largest absolute Gasteiger partial charge is 0.455 e. The maximum absolute atomic E-state index is 12.2. The molecule has 2 aromatic carbocycles. The Morgan fingerprint density at radius 3 is 2.71 bits per heavy atom. The van der Waals surface area contributed by atoms with E-state index in [1.165, 1.54) is 0 Å². The first-order valence-electron chi connectivity index (χ1n) is 9.98. The molecule has 1 saturated heterocycles.